The van der Waals surface area contributed by atoms with Crippen LogP contribution < -0.4 is 15.5 Å². The van der Waals surface area contributed by atoms with Crippen molar-refractivity contribution in [2.75, 3.05) is 30.9 Å². The lowest BCUT2D eigenvalue weighted by Crippen LogP contribution is -2.35. The van der Waals surface area contributed by atoms with Crippen molar-refractivity contribution < 1.29 is 19.1 Å². The Morgan fingerprint density at radius 1 is 1.00 bits per heavy atom. The number of ether oxygens (including phenoxy) is 1. The monoisotopic (exact) mass is 383 g/mol. The summed E-state index contributed by atoms with van der Waals surface area (Å²) in [5.74, 6) is -1.54. The minimum atomic E-state index is -0.865. The first-order valence-electron chi connectivity index (χ1n) is 9.02. The van der Waals surface area contributed by atoms with E-state index in [1.807, 2.05) is 73.6 Å². The Hall–Kier alpha value is -3.35. The van der Waals surface area contributed by atoms with Crippen LogP contribution in [-0.4, -0.2) is 38.6 Å². The van der Waals surface area contributed by atoms with Gasteiger partial charge < -0.3 is 20.3 Å². The topological polar surface area (TPSA) is 87.7 Å². The van der Waals surface area contributed by atoms with Crippen LogP contribution in [0.5, 0.6) is 0 Å². The number of esters is 1. The van der Waals surface area contributed by atoms with Crippen LogP contribution in [0, 0.1) is 0 Å². The van der Waals surface area contributed by atoms with Gasteiger partial charge in [-0.3, -0.25) is 9.59 Å². The normalized spacial score (nSPS) is 11.2. The molecule has 0 saturated heterocycles. The number of anilines is 2. The molecule has 0 fully saturated rings. The fourth-order valence-electron chi connectivity index (χ4n) is 2.52. The minimum Gasteiger partial charge on any atom is -0.378 e. The van der Waals surface area contributed by atoms with Crippen LogP contribution in [0.25, 0.3) is 0 Å². The molecule has 2 rings (SSSR count). The molecule has 28 heavy (non-hydrogen) atoms. The molecular weight excluding hydrogens is 358 g/mol. The molecule has 2 N–H and O–H groups in total. The van der Waals surface area contributed by atoms with E-state index in [4.69, 9.17) is 0 Å². The van der Waals surface area contributed by atoms with Crippen LogP contribution in [0.1, 0.15) is 24.8 Å². The standard InChI is InChI=1S/C21H25N3O4/c1-4-19(25)28-21(27)22-14-18(15-8-6-5-7-9-15)20(26)23-16-10-12-17(13-11-16)24(2)3/h5-13,18H,4,14H2,1-3H3,(H,22,27)(H,23,26). The van der Waals surface area contributed by atoms with E-state index < -0.39 is 18.0 Å². The number of alkyl carbamates (subject to hydrolysis) is 1. The summed E-state index contributed by atoms with van der Waals surface area (Å²) in [6.45, 7) is 1.60. The number of amides is 2. The van der Waals surface area contributed by atoms with Crippen molar-refractivity contribution >= 4 is 29.3 Å². The average Bonchev–Trinajstić information content (AvgIpc) is 2.69. The molecule has 0 saturated carbocycles. The molecule has 2 aromatic rings. The van der Waals surface area contributed by atoms with Gasteiger partial charge in [-0.25, -0.2) is 4.79 Å². The maximum atomic E-state index is 12.8. The summed E-state index contributed by atoms with van der Waals surface area (Å²) >= 11 is 0. The zero-order valence-electron chi connectivity index (χ0n) is 16.3. The number of benzene rings is 2. The van der Waals surface area contributed by atoms with Gasteiger partial charge in [-0.05, 0) is 29.8 Å². The van der Waals surface area contributed by atoms with Crippen LogP contribution >= 0.6 is 0 Å². The summed E-state index contributed by atoms with van der Waals surface area (Å²) in [6, 6.07) is 16.5. The van der Waals surface area contributed by atoms with E-state index in [1.165, 1.54) is 0 Å². The van der Waals surface area contributed by atoms with Crippen molar-refractivity contribution in [3.05, 3.63) is 60.2 Å². The molecule has 0 aliphatic carbocycles. The summed E-state index contributed by atoms with van der Waals surface area (Å²) in [6.07, 6.45) is -0.769. The number of hydrogen-bond acceptors (Lipinski definition) is 5. The second kappa shape index (κ2) is 10.1. The predicted molar refractivity (Wildman–Crippen MR) is 108 cm³/mol. The second-order valence-electron chi connectivity index (χ2n) is 6.39. The lowest BCUT2D eigenvalue weighted by molar-refractivity contribution is -0.136. The van der Waals surface area contributed by atoms with E-state index >= 15 is 0 Å². The molecule has 148 valence electrons. The van der Waals surface area contributed by atoms with Gasteiger partial charge in [0.15, 0.2) is 0 Å². The minimum absolute atomic E-state index is 0.00144. The highest BCUT2D eigenvalue weighted by atomic mass is 16.6. The van der Waals surface area contributed by atoms with E-state index in [-0.39, 0.29) is 18.9 Å². The van der Waals surface area contributed by atoms with E-state index in [1.54, 1.807) is 6.92 Å². The summed E-state index contributed by atoms with van der Waals surface area (Å²) in [5.41, 5.74) is 2.41. The van der Waals surface area contributed by atoms with Crippen molar-refractivity contribution in [2.24, 2.45) is 0 Å². The fraction of sp³-hybridized carbons (Fsp3) is 0.286. The molecule has 1 atom stereocenters. The fourth-order valence-corrected chi connectivity index (χ4v) is 2.52. The SMILES string of the molecule is CCC(=O)OC(=O)NCC(C(=O)Nc1ccc(N(C)C)cc1)c1ccccc1. The summed E-state index contributed by atoms with van der Waals surface area (Å²) in [4.78, 5) is 37.8. The van der Waals surface area contributed by atoms with Gasteiger partial charge in [0.2, 0.25) is 5.91 Å². The molecule has 0 heterocycles. The Labute approximate surface area is 164 Å². The quantitative estimate of drug-likeness (QED) is 0.566. The summed E-state index contributed by atoms with van der Waals surface area (Å²) in [5, 5.41) is 5.35. The van der Waals surface area contributed by atoms with Gasteiger partial charge >= 0.3 is 12.1 Å². The number of nitrogens with one attached hydrogen (secondary N) is 2. The van der Waals surface area contributed by atoms with Crippen LogP contribution in [0.3, 0.4) is 0 Å². The maximum Gasteiger partial charge on any atom is 0.414 e. The molecule has 0 aliphatic heterocycles. The van der Waals surface area contributed by atoms with E-state index in [9.17, 15) is 14.4 Å². The Kier molecular flexibility index (Phi) is 7.56. The molecular formula is C21H25N3O4. The summed E-state index contributed by atoms with van der Waals surface area (Å²) < 4.78 is 4.59. The molecule has 0 radical (unpaired) electrons. The third kappa shape index (κ3) is 6.12. The van der Waals surface area contributed by atoms with Gasteiger partial charge in [0, 0.05) is 38.4 Å². The van der Waals surface area contributed by atoms with E-state index in [0.717, 1.165) is 11.3 Å². The number of rotatable bonds is 7. The molecule has 0 bridgehead atoms. The molecule has 0 spiro atoms. The van der Waals surface area contributed by atoms with Crippen molar-refractivity contribution in [2.45, 2.75) is 19.3 Å². The number of carbonyl (C=O) groups is 3. The largest absolute Gasteiger partial charge is 0.414 e. The van der Waals surface area contributed by atoms with Gasteiger partial charge in [0.05, 0.1) is 5.92 Å². The third-order valence-corrected chi connectivity index (χ3v) is 4.12. The van der Waals surface area contributed by atoms with Crippen molar-refractivity contribution in [3.8, 4) is 0 Å². The maximum absolute atomic E-state index is 12.8. The number of carbonyl (C=O) groups excluding carboxylic acids is 3. The smallest absolute Gasteiger partial charge is 0.378 e. The number of nitrogens with zero attached hydrogens (tertiary/aromatic N) is 1. The molecule has 7 nitrogen and oxygen atoms in total. The Morgan fingerprint density at radius 2 is 1.64 bits per heavy atom. The summed E-state index contributed by atoms with van der Waals surface area (Å²) in [7, 11) is 3.88. The Morgan fingerprint density at radius 3 is 2.21 bits per heavy atom. The average molecular weight is 383 g/mol. The van der Waals surface area contributed by atoms with Gasteiger partial charge in [-0.2, -0.15) is 0 Å². The van der Waals surface area contributed by atoms with Crippen molar-refractivity contribution in [3.63, 3.8) is 0 Å². The van der Waals surface area contributed by atoms with Gasteiger partial charge in [-0.15, -0.1) is 0 Å². The van der Waals surface area contributed by atoms with Crippen molar-refractivity contribution in [1.82, 2.24) is 5.32 Å². The van der Waals surface area contributed by atoms with Crippen molar-refractivity contribution in [1.29, 1.82) is 0 Å². The molecule has 2 aromatic carbocycles. The van der Waals surface area contributed by atoms with Crippen LogP contribution in [0.2, 0.25) is 0 Å². The third-order valence-electron chi connectivity index (χ3n) is 4.12. The lowest BCUT2D eigenvalue weighted by atomic mass is 9.98. The first-order chi connectivity index (χ1) is 13.4. The highest BCUT2D eigenvalue weighted by molar-refractivity contribution is 5.96. The number of hydrogen-bond donors (Lipinski definition) is 2. The van der Waals surface area contributed by atoms with Crippen LogP contribution in [-0.2, 0) is 14.3 Å². The van der Waals surface area contributed by atoms with Crippen LogP contribution in [0.15, 0.2) is 54.6 Å². The zero-order valence-corrected chi connectivity index (χ0v) is 16.3. The van der Waals surface area contributed by atoms with Crippen LogP contribution in [0.4, 0.5) is 16.2 Å². The first-order valence-corrected chi connectivity index (χ1v) is 9.02. The Balaban J connectivity index is 2.09. The van der Waals surface area contributed by atoms with E-state index in [2.05, 4.69) is 15.4 Å². The highest BCUT2D eigenvalue weighted by Crippen LogP contribution is 2.20. The molecule has 2 amide bonds. The van der Waals surface area contributed by atoms with Gasteiger partial charge in [-0.1, -0.05) is 37.3 Å². The lowest BCUT2D eigenvalue weighted by Gasteiger charge is -2.18. The van der Waals surface area contributed by atoms with Gasteiger partial charge in [0.1, 0.15) is 0 Å². The first kappa shape index (κ1) is 21.0. The molecule has 1 unspecified atom stereocenters. The molecule has 0 aliphatic rings. The molecule has 7 heteroatoms. The second-order valence-corrected chi connectivity index (χ2v) is 6.39. The Bertz CT molecular complexity index is 804. The highest BCUT2D eigenvalue weighted by Gasteiger charge is 2.22. The zero-order chi connectivity index (χ0) is 20.5. The van der Waals surface area contributed by atoms with E-state index in [0.29, 0.717) is 5.69 Å². The van der Waals surface area contributed by atoms with Gasteiger partial charge in [0.25, 0.3) is 0 Å². The molecule has 0 aromatic heterocycles. The predicted octanol–water partition coefficient (Wildman–Crippen LogP) is 3.14.